The molecule has 0 bridgehead atoms. The van der Waals surface area contributed by atoms with Crippen molar-refractivity contribution < 1.29 is 19.2 Å². The van der Waals surface area contributed by atoms with Crippen LogP contribution in [-0.4, -0.2) is 47.7 Å². The molecule has 1 unspecified atom stereocenters. The van der Waals surface area contributed by atoms with E-state index < -0.39 is 29.7 Å². The smallest absolute Gasteiger partial charge is 0.264 e. The van der Waals surface area contributed by atoms with Gasteiger partial charge in [0.2, 0.25) is 11.8 Å². The van der Waals surface area contributed by atoms with Gasteiger partial charge in [-0.3, -0.25) is 29.4 Å². The molecule has 136 valence electrons. The van der Waals surface area contributed by atoms with Gasteiger partial charge in [-0.05, 0) is 49.9 Å². The number of imide groups is 2. The monoisotopic (exact) mass is 356 g/mol. The normalized spacial score (nSPS) is 24.0. The zero-order valence-electron chi connectivity index (χ0n) is 14.2. The molecule has 0 aliphatic carbocycles. The van der Waals surface area contributed by atoms with Crippen LogP contribution in [0.2, 0.25) is 0 Å². The molecule has 2 saturated heterocycles. The van der Waals surface area contributed by atoms with Gasteiger partial charge in [0.15, 0.2) is 0 Å². The Labute approximate surface area is 150 Å². The van der Waals surface area contributed by atoms with Crippen LogP contribution in [0.3, 0.4) is 0 Å². The van der Waals surface area contributed by atoms with Crippen molar-refractivity contribution in [1.82, 2.24) is 15.5 Å². The van der Waals surface area contributed by atoms with Gasteiger partial charge in [0, 0.05) is 12.1 Å². The highest BCUT2D eigenvalue weighted by Gasteiger charge is 2.46. The van der Waals surface area contributed by atoms with Gasteiger partial charge in [-0.2, -0.15) is 0 Å². The first-order valence-corrected chi connectivity index (χ1v) is 8.83. The zero-order chi connectivity index (χ0) is 18.4. The van der Waals surface area contributed by atoms with Crippen LogP contribution in [0.15, 0.2) is 12.1 Å². The van der Waals surface area contributed by atoms with Crippen LogP contribution < -0.4 is 16.4 Å². The summed E-state index contributed by atoms with van der Waals surface area (Å²) in [5.41, 5.74) is 7.94. The van der Waals surface area contributed by atoms with Crippen LogP contribution in [0.5, 0.6) is 0 Å². The van der Waals surface area contributed by atoms with E-state index in [0.717, 1.165) is 36.4 Å². The molecule has 1 aromatic rings. The maximum Gasteiger partial charge on any atom is 0.264 e. The first-order valence-electron chi connectivity index (χ1n) is 8.83. The van der Waals surface area contributed by atoms with E-state index in [1.54, 1.807) is 6.07 Å². The Balaban J connectivity index is 1.69. The largest absolute Gasteiger partial charge is 0.398 e. The number of anilines is 1. The van der Waals surface area contributed by atoms with E-state index in [9.17, 15) is 19.2 Å². The minimum atomic E-state index is -0.971. The van der Waals surface area contributed by atoms with Gasteiger partial charge in [0.05, 0.1) is 11.1 Å². The van der Waals surface area contributed by atoms with Gasteiger partial charge in [-0.1, -0.05) is 6.07 Å². The number of rotatable bonds is 2. The molecule has 1 atom stereocenters. The van der Waals surface area contributed by atoms with Crippen LogP contribution in [0.4, 0.5) is 5.69 Å². The minimum Gasteiger partial charge on any atom is -0.398 e. The van der Waals surface area contributed by atoms with Gasteiger partial charge < -0.3 is 11.1 Å². The van der Waals surface area contributed by atoms with Gasteiger partial charge >= 0.3 is 0 Å². The standard InChI is InChI=1S/C18H20N4O4/c19-15-10(9-5-7-20-8-6-9)1-2-11-14(15)18(26)22(17(11)25)12-3-4-13(23)21-16(12)24/h1-2,9,12,20H,3-8,19H2,(H,21,23,24). The number of nitrogens with zero attached hydrogens (tertiary/aromatic N) is 1. The molecule has 2 fully saturated rings. The fourth-order valence-electron chi connectivity index (χ4n) is 4.09. The van der Waals surface area contributed by atoms with E-state index in [-0.39, 0.29) is 29.9 Å². The fraction of sp³-hybridized carbons (Fsp3) is 0.444. The summed E-state index contributed by atoms with van der Waals surface area (Å²) in [6.45, 7) is 1.77. The third-order valence-corrected chi connectivity index (χ3v) is 5.46. The van der Waals surface area contributed by atoms with E-state index in [1.165, 1.54) is 0 Å². The van der Waals surface area contributed by atoms with E-state index in [4.69, 9.17) is 5.73 Å². The number of benzene rings is 1. The van der Waals surface area contributed by atoms with Gasteiger partial charge in [0.1, 0.15) is 6.04 Å². The lowest BCUT2D eigenvalue weighted by Gasteiger charge is -2.28. The molecule has 4 N–H and O–H groups in total. The Hall–Kier alpha value is -2.74. The first kappa shape index (κ1) is 16.7. The number of nitrogens with two attached hydrogens (primary N) is 1. The summed E-state index contributed by atoms with van der Waals surface area (Å²) >= 11 is 0. The second kappa shape index (κ2) is 6.21. The lowest BCUT2D eigenvalue weighted by atomic mass is 9.87. The minimum absolute atomic E-state index is 0.0968. The van der Waals surface area contributed by atoms with E-state index in [2.05, 4.69) is 10.6 Å². The first-order chi connectivity index (χ1) is 12.5. The predicted octanol–water partition coefficient (Wildman–Crippen LogP) is 0.137. The Bertz CT molecular complexity index is 829. The summed E-state index contributed by atoms with van der Waals surface area (Å²) in [6, 6.07) is 2.49. The zero-order valence-corrected chi connectivity index (χ0v) is 14.2. The Kier molecular flexibility index (Phi) is 3.99. The van der Waals surface area contributed by atoms with Crippen LogP contribution >= 0.6 is 0 Å². The number of hydrogen-bond donors (Lipinski definition) is 3. The molecular weight excluding hydrogens is 336 g/mol. The van der Waals surface area contributed by atoms with E-state index in [1.807, 2.05) is 6.07 Å². The fourth-order valence-corrected chi connectivity index (χ4v) is 4.09. The number of amides is 4. The van der Waals surface area contributed by atoms with Crippen molar-refractivity contribution in [3.63, 3.8) is 0 Å². The summed E-state index contributed by atoms with van der Waals surface area (Å²) in [4.78, 5) is 50.1. The van der Waals surface area contributed by atoms with Crippen molar-refractivity contribution >= 4 is 29.3 Å². The molecule has 8 heteroatoms. The molecule has 3 aliphatic heterocycles. The molecule has 1 aromatic carbocycles. The number of nitrogen functional groups attached to an aromatic ring is 1. The van der Waals surface area contributed by atoms with Crippen LogP contribution in [0.1, 0.15) is 57.9 Å². The van der Waals surface area contributed by atoms with Crippen LogP contribution in [0.25, 0.3) is 0 Å². The SMILES string of the molecule is Nc1c(C2CCNCC2)ccc2c1C(=O)N(C1CCC(=O)NC1=O)C2=O. The molecule has 0 spiro atoms. The maximum absolute atomic E-state index is 12.9. The van der Waals surface area contributed by atoms with Crippen molar-refractivity contribution in [2.45, 2.75) is 37.6 Å². The van der Waals surface area contributed by atoms with Crippen molar-refractivity contribution in [2.75, 3.05) is 18.8 Å². The molecule has 4 amide bonds. The molecule has 8 nitrogen and oxygen atoms in total. The second-order valence-electron chi connectivity index (χ2n) is 6.96. The summed E-state index contributed by atoms with van der Waals surface area (Å²) < 4.78 is 0. The molecule has 0 aromatic heterocycles. The Morgan fingerprint density at radius 2 is 1.73 bits per heavy atom. The molecule has 0 radical (unpaired) electrons. The second-order valence-corrected chi connectivity index (χ2v) is 6.96. The van der Waals surface area contributed by atoms with E-state index in [0.29, 0.717) is 5.69 Å². The van der Waals surface area contributed by atoms with Crippen LogP contribution in [-0.2, 0) is 9.59 Å². The number of carbonyl (C=O) groups is 4. The molecule has 0 saturated carbocycles. The summed E-state index contributed by atoms with van der Waals surface area (Å²) in [7, 11) is 0. The maximum atomic E-state index is 12.9. The summed E-state index contributed by atoms with van der Waals surface area (Å²) in [5.74, 6) is -1.84. The lowest BCUT2D eigenvalue weighted by molar-refractivity contribution is -0.136. The third-order valence-electron chi connectivity index (χ3n) is 5.46. The Morgan fingerprint density at radius 3 is 2.42 bits per heavy atom. The van der Waals surface area contributed by atoms with Gasteiger partial charge in [-0.25, -0.2) is 0 Å². The average Bonchev–Trinajstić information content (AvgIpc) is 2.88. The molecule has 3 aliphatic rings. The quantitative estimate of drug-likeness (QED) is 0.512. The third kappa shape index (κ3) is 2.48. The highest BCUT2D eigenvalue weighted by molar-refractivity contribution is 6.25. The van der Waals surface area contributed by atoms with Crippen molar-refractivity contribution in [1.29, 1.82) is 0 Å². The highest BCUT2D eigenvalue weighted by Crippen LogP contribution is 2.37. The molecule has 3 heterocycles. The molecule has 26 heavy (non-hydrogen) atoms. The van der Waals surface area contributed by atoms with Gasteiger partial charge in [-0.15, -0.1) is 0 Å². The molecule has 4 rings (SSSR count). The summed E-state index contributed by atoms with van der Waals surface area (Å²) in [6.07, 6.45) is 2.07. The molecular formula is C18H20N4O4. The Morgan fingerprint density at radius 1 is 1.00 bits per heavy atom. The number of piperidine rings is 2. The van der Waals surface area contributed by atoms with Crippen molar-refractivity contribution in [2.24, 2.45) is 0 Å². The predicted molar refractivity (Wildman–Crippen MR) is 92.4 cm³/mol. The summed E-state index contributed by atoms with van der Waals surface area (Å²) in [5, 5.41) is 5.48. The van der Waals surface area contributed by atoms with E-state index >= 15 is 0 Å². The lowest BCUT2D eigenvalue weighted by Crippen LogP contribution is -2.54. The van der Waals surface area contributed by atoms with Crippen molar-refractivity contribution in [3.8, 4) is 0 Å². The number of fused-ring (bicyclic) bond motifs is 1. The van der Waals surface area contributed by atoms with Crippen molar-refractivity contribution in [3.05, 3.63) is 28.8 Å². The average molecular weight is 356 g/mol. The number of nitrogens with one attached hydrogen (secondary N) is 2. The number of carbonyl (C=O) groups excluding carboxylic acids is 4. The highest BCUT2D eigenvalue weighted by atomic mass is 16.2. The number of hydrogen-bond acceptors (Lipinski definition) is 6. The topological polar surface area (TPSA) is 122 Å². The van der Waals surface area contributed by atoms with Gasteiger partial charge in [0.25, 0.3) is 11.8 Å². The van der Waals surface area contributed by atoms with Crippen LogP contribution in [0, 0.1) is 0 Å².